The minimum absolute atomic E-state index is 0.000155. The van der Waals surface area contributed by atoms with Crippen molar-refractivity contribution in [1.29, 1.82) is 0 Å². The summed E-state index contributed by atoms with van der Waals surface area (Å²) < 4.78 is 0. The Morgan fingerprint density at radius 2 is 1.75 bits per heavy atom. The molecule has 2 N–H and O–H groups in total. The minimum atomic E-state index is -1.06. The number of carboxylic acid groups (broad SMARTS) is 1. The van der Waals surface area contributed by atoms with Gasteiger partial charge in [-0.05, 0) is 43.7 Å². The summed E-state index contributed by atoms with van der Waals surface area (Å²) in [7, 11) is 0. The number of pyridine rings is 1. The summed E-state index contributed by atoms with van der Waals surface area (Å²) in [6, 6.07) is 12.2. The Hall–Kier alpha value is -2.89. The fraction of sp³-hybridized carbons (Fsp3) is 0.278. The summed E-state index contributed by atoms with van der Waals surface area (Å²) in [5.41, 5.74) is 1.64. The maximum absolute atomic E-state index is 12.2. The standard InChI is InChI=1S/C18H21N3O3/c1-3-21(4-2)17(22)14-10-8-13(9-11-14)12-19-16-7-5-6-15(20-16)18(23)24/h5-11H,3-4,12H2,1-2H3,(H,19,20)(H,23,24). The first-order valence-corrected chi connectivity index (χ1v) is 7.87. The number of carbonyl (C=O) groups excluding carboxylic acids is 1. The normalized spacial score (nSPS) is 10.2. The van der Waals surface area contributed by atoms with Crippen molar-refractivity contribution < 1.29 is 14.7 Å². The van der Waals surface area contributed by atoms with Gasteiger partial charge >= 0.3 is 5.97 Å². The highest BCUT2D eigenvalue weighted by molar-refractivity contribution is 5.94. The summed E-state index contributed by atoms with van der Waals surface area (Å²) in [6.07, 6.45) is 0. The van der Waals surface area contributed by atoms with Gasteiger partial charge in [-0.25, -0.2) is 9.78 Å². The molecule has 1 heterocycles. The highest BCUT2D eigenvalue weighted by Gasteiger charge is 2.11. The van der Waals surface area contributed by atoms with Crippen molar-refractivity contribution in [2.24, 2.45) is 0 Å². The van der Waals surface area contributed by atoms with Crippen LogP contribution in [-0.4, -0.2) is 40.0 Å². The maximum Gasteiger partial charge on any atom is 0.354 e. The van der Waals surface area contributed by atoms with Gasteiger partial charge in [-0.3, -0.25) is 4.79 Å². The van der Waals surface area contributed by atoms with Gasteiger partial charge < -0.3 is 15.3 Å². The molecule has 6 nitrogen and oxygen atoms in total. The van der Waals surface area contributed by atoms with Gasteiger partial charge in [0.2, 0.25) is 0 Å². The number of carbonyl (C=O) groups is 2. The Balaban J connectivity index is 2.00. The summed E-state index contributed by atoms with van der Waals surface area (Å²) in [5.74, 6) is -0.536. The SMILES string of the molecule is CCN(CC)C(=O)c1ccc(CNc2cccc(C(=O)O)n2)cc1. The highest BCUT2D eigenvalue weighted by atomic mass is 16.4. The number of aromatic nitrogens is 1. The lowest BCUT2D eigenvalue weighted by Gasteiger charge is -2.18. The number of benzene rings is 1. The molecule has 24 heavy (non-hydrogen) atoms. The van der Waals surface area contributed by atoms with Crippen LogP contribution in [0.1, 0.15) is 40.3 Å². The molecule has 0 radical (unpaired) electrons. The number of hydrogen-bond donors (Lipinski definition) is 2. The van der Waals surface area contributed by atoms with Crippen LogP contribution >= 0.6 is 0 Å². The van der Waals surface area contributed by atoms with E-state index < -0.39 is 5.97 Å². The lowest BCUT2D eigenvalue weighted by molar-refractivity contribution is 0.0689. The van der Waals surface area contributed by atoms with Gasteiger partial charge in [0, 0.05) is 25.2 Å². The van der Waals surface area contributed by atoms with Crippen LogP contribution in [0.2, 0.25) is 0 Å². The predicted octanol–water partition coefficient (Wildman–Crippen LogP) is 2.87. The van der Waals surface area contributed by atoms with Gasteiger partial charge in [-0.1, -0.05) is 18.2 Å². The molecule has 0 atom stereocenters. The van der Waals surface area contributed by atoms with Crippen LogP contribution in [0.3, 0.4) is 0 Å². The zero-order chi connectivity index (χ0) is 17.5. The molecular formula is C18H21N3O3. The molecule has 0 aliphatic carbocycles. The number of nitrogens with zero attached hydrogens (tertiary/aromatic N) is 2. The Labute approximate surface area is 141 Å². The molecule has 0 aliphatic heterocycles. The number of anilines is 1. The highest BCUT2D eigenvalue weighted by Crippen LogP contribution is 2.11. The number of hydrogen-bond acceptors (Lipinski definition) is 4. The lowest BCUT2D eigenvalue weighted by Crippen LogP contribution is -2.30. The average Bonchev–Trinajstić information content (AvgIpc) is 2.61. The molecule has 1 aromatic heterocycles. The quantitative estimate of drug-likeness (QED) is 0.817. The van der Waals surface area contributed by atoms with Crippen LogP contribution in [0.4, 0.5) is 5.82 Å². The minimum Gasteiger partial charge on any atom is -0.477 e. The fourth-order valence-corrected chi connectivity index (χ4v) is 2.30. The van der Waals surface area contributed by atoms with Crippen LogP contribution in [0.5, 0.6) is 0 Å². The van der Waals surface area contributed by atoms with Gasteiger partial charge in [-0.2, -0.15) is 0 Å². The van der Waals surface area contributed by atoms with Gasteiger partial charge in [-0.15, -0.1) is 0 Å². The van der Waals surface area contributed by atoms with Gasteiger partial charge in [0.05, 0.1) is 0 Å². The summed E-state index contributed by atoms with van der Waals surface area (Å²) >= 11 is 0. The van der Waals surface area contributed by atoms with E-state index in [9.17, 15) is 9.59 Å². The molecule has 1 amide bonds. The van der Waals surface area contributed by atoms with E-state index in [1.165, 1.54) is 6.07 Å². The smallest absolute Gasteiger partial charge is 0.354 e. The Morgan fingerprint density at radius 3 is 2.33 bits per heavy atom. The Morgan fingerprint density at radius 1 is 1.08 bits per heavy atom. The lowest BCUT2D eigenvalue weighted by atomic mass is 10.1. The van der Waals surface area contributed by atoms with E-state index in [1.807, 2.05) is 26.0 Å². The zero-order valence-electron chi connectivity index (χ0n) is 13.8. The van der Waals surface area contributed by atoms with E-state index >= 15 is 0 Å². The molecule has 0 unspecified atom stereocenters. The van der Waals surface area contributed by atoms with Crippen molar-refractivity contribution in [1.82, 2.24) is 9.88 Å². The van der Waals surface area contributed by atoms with E-state index in [2.05, 4.69) is 10.3 Å². The molecule has 0 fully saturated rings. The maximum atomic E-state index is 12.2. The molecule has 0 bridgehead atoms. The monoisotopic (exact) mass is 327 g/mol. The first-order valence-electron chi connectivity index (χ1n) is 7.87. The summed E-state index contributed by atoms with van der Waals surface area (Å²) in [5, 5.41) is 12.0. The van der Waals surface area contributed by atoms with E-state index in [1.54, 1.807) is 29.2 Å². The van der Waals surface area contributed by atoms with Crippen molar-refractivity contribution in [3.63, 3.8) is 0 Å². The second kappa shape index (κ2) is 8.10. The van der Waals surface area contributed by atoms with Crippen LogP contribution in [0.25, 0.3) is 0 Å². The second-order valence-corrected chi connectivity index (χ2v) is 5.24. The van der Waals surface area contributed by atoms with Gasteiger partial charge in [0.15, 0.2) is 5.69 Å². The number of carboxylic acids is 1. The third kappa shape index (κ3) is 4.32. The first kappa shape index (κ1) is 17.5. The third-order valence-corrected chi connectivity index (χ3v) is 3.69. The van der Waals surface area contributed by atoms with E-state index in [0.29, 0.717) is 31.0 Å². The van der Waals surface area contributed by atoms with Crippen molar-refractivity contribution >= 4 is 17.7 Å². The molecule has 126 valence electrons. The molecule has 0 aliphatic rings. The molecule has 1 aromatic carbocycles. The summed E-state index contributed by atoms with van der Waals surface area (Å²) in [4.78, 5) is 28.9. The number of rotatable bonds is 7. The largest absolute Gasteiger partial charge is 0.477 e. The molecule has 2 rings (SSSR count). The van der Waals surface area contributed by atoms with Crippen LogP contribution in [0, 0.1) is 0 Å². The van der Waals surface area contributed by atoms with Crippen molar-refractivity contribution in [3.8, 4) is 0 Å². The Kier molecular flexibility index (Phi) is 5.89. The molecule has 0 spiro atoms. The number of amides is 1. The molecule has 6 heteroatoms. The van der Waals surface area contributed by atoms with Crippen molar-refractivity contribution in [2.45, 2.75) is 20.4 Å². The van der Waals surface area contributed by atoms with Crippen LogP contribution < -0.4 is 5.32 Å². The van der Waals surface area contributed by atoms with Gasteiger partial charge in [0.1, 0.15) is 5.82 Å². The van der Waals surface area contributed by atoms with Gasteiger partial charge in [0.25, 0.3) is 5.91 Å². The molecule has 0 saturated carbocycles. The average molecular weight is 327 g/mol. The molecule has 0 saturated heterocycles. The number of aromatic carboxylic acids is 1. The van der Waals surface area contributed by atoms with E-state index in [4.69, 9.17) is 5.11 Å². The topological polar surface area (TPSA) is 82.5 Å². The van der Waals surface area contributed by atoms with Crippen molar-refractivity contribution in [2.75, 3.05) is 18.4 Å². The fourth-order valence-electron chi connectivity index (χ4n) is 2.30. The van der Waals surface area contributed by atoms with Crippen LogP contribution in [0.15, 0.2) is 42.5 Å². The predicted molar refractivity (Wildman–Crippen MR) is 92.2 cm³/mol. The molecule has 2 aromatic rings. The second-order valence-electron chi connectivity index (χ2n) is 5.24. The first-order chi connectivity index (χ1) is 11.5. The Bertz CT molecular complexity index is 710. The summed E-state index contributed by atoms with van der Waals surface area (Å²) in [6.45, 7) is 5.78. The molecular weight excluding hydrogens is 306 g/mol. The van der Waals surface area contributed by atoms with E-state index in [-0.39, 0.29) is 11.6 Å². The third-order valence-electron chi connectivity index (χ3n) is 3.69. The number of nitrogens with one attached hydrogen (secondary N) is 1. The van der Waals surface area contributed by atoms with E-state index in [0.717, 1.165) is 5.56 Å². The zero-order valence-corrected chi connectivity index (χ0v) is 13.8. The van der Waals surface area contributed by atoms with Crippen molar-refractivity contribution in [3.05, 3.63) is 59.3 Å². The van der Waals surface area contributed by atoms with Crippen LogP contribution in [-0.2, 0) is 6.54 Å².